The van der Waals surface area contributed by atoms with Crippen molar-refractivity contribution in [3.8, 4) is 22.6 Å². The number of benzene rings is 3. The van der Waals surface area contributed by atoms with Gasteiger partial charge in [-0.15, -0.1) is 0 Å². The second-order valence-corrected chi connectivity index (χ2v) is 8.09. The van der Waals surface area contributed by atoms with Crippen LogP contribution in [0.3, 0.4) is 0 Å². The van der Waals surface area contributed by atoms with Crippen LogP contribution in [0.2, 0.25) is 0 Å². The van der Waals surface area contributed by atoms with E-state index in [0.29, 0.717) is 18.8 Å². The number of carboxylic acid groups (broad SMARTS) is 1. The van der Waals surface area contributed by atoms with E-state index in [1.807, 2.05) is 30.3 Å². The highest BCUT2D eigenvalue weighted by atomic mass is 16.5. The fourth-order valence-corrected chi connectivity index (χ4v) is 3.99. The largest absolute Gasteiger partial charge is 0.481 e. The lowest BCUT2D eigenvalue weighted by Gasteiger charge is -2.22. The highest BCUT2D eigenvalue weighted by Crippen LogP contribution is 2.36. The van der Waals surface area contributed by atoms with E-state index in [1.165, 1.54) is 11.1 Å². The van der Waals surface area contributed by atoms with E-state index in [9.17, 15) is 9.90 Å². The number of fused-ring (bicyclic) bond motifs is 1. The molecule has 3 aromatic rings. The van der Waals surface area contributed by atoms with Crippen LogP contribution in [0.1, 0.15) is 42.9 Å². The molecule has 148 valence electrons. The van der Waals surface area contributed by atoms with E-state index in [2.05, 4.69) is 50.2 Å². The maximum atomic E-state index is 11.4. The van der Waals surface area contributed by atoms with Crippen LogP contribution in [0.5, 0.6) is 11.5 Å². The lowest BCUT2D eigenvalue weighted by molar-refractivity contribution is -0.142. The SMILES string of the molecule is CC(C)c1cccc(-c2ccccc2Oc2ccc3c(c2)CC(C(=O)O)CC3)c1. The summed E-state index contributed by atoms with van der Waals surface area (Å²) in [5.74, 6) is 1.01. The minimum absolute atomic E-state index is 0.302. The molecular weight excluding hydrogens is 360 g/mol. The number of rotatable bonds is 5. The molecule has 0 amide bonds. The van der Waals surface area contributed by atoms with Crippen molar-refractivity contribution in [2.75, 3.05) is 0 Å². The highest BCUT2D eigenvalue weighted by molar-refractivity contribution is 5.72. The van der Waals surface area contributed by atoms with Crippen molar-refractivity contribution in [2.24, 2.45) is 5.92 Å². The Morgan fingerprint density at radius 2 is 1.83 bits per heavy atom. The average molecular weight is 386 g/mol. The molecule has 1 N–H and O–H groups in total. The number of hydrogen-bond donors (Lipinski definition) is 1. The average Bonchev–Trinajstić information content (AvgIpc) is 2.73. The molecule has 0 radical (unpaired) electrons. The zero-order chi connectivity index (χ0) is 20.4. The Morgan fingerprint density at radius 1 is 1.00 bits per heavy atom. The quantitative estimate of drug-likeness (QED) is 0.547. The summed E-state index contributed by atoms with van der Waals surface area (Å²) < 4.78 is 6.28. The summed E-state index contributed by atoms with van der Waals surface area (Å²) in [6, 6.07) is 22.7. The predicted molar refractivity (Wildman–Crippen MR) is 116 cm³/mol. The second-order valence-electron chi connectivity index (χ2n) is 8.09. The van der Waals surface area contributed by atoms with Crippen LogP contribution in [0.15, 0.2) is 66.7 Å². The first kappa shape index (κ1) is 19.3. The molecule has 4 rings (SSSR count). The molecule has 1 aliphatic rings. The Morgan fingerprint density at radius 3 is 2.62 bits per heavy atom. The van der Waals surface area contributed by atoms with Crippen molar-refractivity contribution < 1.29 is 14.6 Å². The third kappa shape index (κ3) is 4.19. The summed E-state index contributed by atoms with van der Waals surface area (Å²) >= 11 is 0. The lowest BCUT2D eigenvalue weighted by atomic mass is 9.84. The predicted octanol–water partition coefficient (Wildman–Crippen LogP) is 6.46. The van der Waals surface area contributed by atoms with Crippen molar-refractivity contribution in [3.05, 3.63) is 83.4 Å². The molecule has 0 heterocycles. The summed E-state index contributed by atoms with van der Waals surface area (Å²) in [6.07, 6.45) is 2.09. The maximum Gasteiger partial charge on any atom is 0.306 e. The van der Waals surface area contributed by atoms with Gasteiger partial charge in [0.05, 0.1) is 5.92 Å². The van der Waals surface area contributed by atoms with Gasteiger partial charge in [-0.25, -0.2) is 0 Å². The number of carbonyl (C=O) groups is 1. The molecule has 3 aromatic carbocycles. The van der Waals surface area contributed by atoms with Crippen molar-refractivity contribution in [2.45, 2.75) is 39.0 Å². The van der Waals surface area contributed by atoms with E-state index >= 15 is 0 Å². The van der Waals surface area contributed by atoms with E-state index in [-0.39, 0.29) is 5.92 Å². The number of para-hydroxylation sites is 1. The van der Waals surface area contributed by atoms with Crippen LogP contribution in [-0.2, 0) is 17.6 Å². The van der Waals surface area contributed by atoms with Gasteiger partial charge < -0.3 is 9.84 Å². The number of hydrogen-bond acceptors (Lipinski definition) is 2. The summed E-state index contributed by atoms with van der Waals surface area (Å²) in [6.45, 7) is 4.39. The van der Waals surface area contributed by atoms with Gasteiger partial charge in [-0.3, -0.25) is 4.79 Å². The van der Waals surface area contributed by atoms with Crippen LogP contribution >= 0.6 is 0 Å². The van der Waals surface area contributed by atoms with E-state index in [4.69, 9.17) is 4.74 Å². The lowest BCUT2D eigenvalue weighted by Crippen LogP contribution is -2.22. The fraction of sp³-hybridized carbons (Fsp3) is 0.269. The fourth-order valence-electron chi connectivity index (χ4n) is 3.99. The molecule has 0 fully saturated rings. The first-order valence-corrected chi connectivity index (χ1v) is 10.2. The first-order valence-electron chi connectivity index (χ1n) is 10.2. The van der Waals surface area contributed by atoms with Gasteiger partial charge in [-0.05, 0) is 65.6 Å². The maximum absolute atomic E-state index is 11.4. The Hall–Kier alpha value is -3.07. The molecule has 0 aliphatic heterocycles. The van der Waals surface area contributed by atoms with Crippen molar-refractivity contribution in [1.29, 1.82) is 0 Å². The summed E-state index contributed by atoms with van der Waals surface area (Å²) in [7, 11) is 0. The van der Waals surface area contributed by atoms with Gasteiger partial charge in [-0.2, -0.15) is 0 Å². The van der Waals surface area contributed by atoms with Gasteiger partial charge in [-0.1, -0.05) is 62.4 Å². The normalized spacial score (nSPS) is 15.8. The Labute approximate surface area is 172 Å². The van der Waals surface area contributed by atoms with Crippen molar-refractivity contribution >= 4 is 5.97 Å². The van der Waals surface area contributed by atoms with Crippen molar-refractivity contribution in [1.82, 2.24) is 0 Å². The summed E-state index contributed by atoms with van der Waals surface area (Å²) in [5.41, 5.74) is 5.80. The molecule has 0 saturated carbocycles. The van der Waals surface area contributed by atoms with E-state index < -0.39 is 5.97 Å². The second kappa shape index (κ2) is 8.12. The van der Waals surface area contributed by atoms with Crippen LogP contribution in [0.4, 0.5) is 0 Å². The van der Waals surface area contributed by atoms with Crippen LogP contribution in [0, 0.1) is 5.92 Å². The molecule has 29 heavy (non-hydrogen) atoms. The number of carboxylic acids is 1. The molecule has 1 unspecified atom stereocenters. The molecular formula is C26H26O3. The van der Waals surface area contributed by atoms with Gasteiger partial charge >= 0.3 is 5.97 Å². The van der Waals surface area contributed by atoms with Crippen LogP contribution in [-0.4, -0.2) is 11.1 Å². The molecule has 3 heteroatoms. The number of aryl methyl sites for hydroxylation is 1. The standard InChI is InChI=1S/C26H26O3/c1-17(2)19-6-5-7-20(14-19)24-8-3-4-9-25(24)29-23-13-12-18-10-11-21(26(27)28)15-22(18)16-23/h3-9,12-14,16-17,21H,10-11,15H2,1-2H3,(H,27,28). The zero-order valence-corrected chi connectivity index (χ0v) is 16.9. The Balaban J connectivity index is 1.64. The van der Waals surface area contributed by atoms with E-state index in [1.54, 1.807) is 0 Å². The molecule has 0 spiro atoms. The summed E-state index contributed by atoms with van der Waals surface area (Å²) in [4.78, 5) is 11.4. The van der Waals surface area contributed by atoms with Gasteiger partial charge in [0.25, 0.3) is 0 Å². The molecule has 1 aliphatic carbocycles. The molecule has 0 bridgehead atoms. The van der Waals surface area contributed by atoms with Crippen LogP contribution in [0.25, 0.3) is 11.1 Å². The van der Waals surface area contributed by atoms with Gasteiger partial charge in [0.2, 0.25) is 0 Å². The zero-order valence-electron chi connectivity index (χ0n) is 16.9. The van der Waals surface area contributed by atoms with Crippen LogP contribution < -0.4 is 4.74 Å². The van der Waals surface area contributed by atoms with Crippen molar-refractivity contribution in [3.63, 3.8) is 0 Å². The first-order chi connectivity index (χ1) is 14.0. The molecule has 0 aromatic heterocycles. The Kier molecular flexibility index (Phi) is 5.39. The minimum Gasteiger partial charge on any atom is -0.481 e. The summed E-state index contributed by atoms with van der Waals surface area (Å²) in [5, 5.41) is 9.36. The topological polar surface area (TPSA) is 46.5 Å². The Bertz CT molecular complexity index is 1040. The third-order valence-electron chi connectivity index (χ3n) is 5.73. The highest BCUT2D eigenvalue weighted by Gasteiger charge is 2.24. The van der Waals surface area contributed by atoms with Gasteiger partial charge in [0.1, 0.15) is 11.5 Å². The monoisotopic (exact) mass is 386 g/mol. The third-order valence-corrected chi connectivity index (χ3v) is 5.73. The number of aliphatic carboxylic acids is 1. The molecule has 0 saturated heterocycles. The number of ether oxygens (including phenoxy) is 1. The molecule has 3 nitrogen and oxygen atoms in total. The van der Waals surface area contributed by atoms with E-state index in [0.717, 1.165) is 34.6 Å². The minimum atomic E-state index is -0.711. The molecule has 1 atom stereocenters. The van der Waals surface area contributed by atoms with Gasteiger partial charge in [0, 0.05) is 5.56 Å². The smallest absolute Gasteiger partial charge is 0.306 e. The van der Waals surface area contributed by atoms with Gasteiger partial charge in [0.15, 0.2) is 0 Å².